The highest BCUT2D eigenvalue weighted by Gasteiger charge is 2.19. The van der Waals surface area contributed by atoms with Gasteiger partial charge in [-0.25, -0.2) is 9.59 Å². The van der Waals surface area contributed by atoms with E-state index in [4.69, 9.17) is 9.47 Å². The van der Waals surface area contributed by atoms with Gasteiger partial charge in [0.1, 0.15) is 13.2 Å². The van der Waals surface area contributed by atoms with Gasteiger partial charge in [-0.1, -0.05) is 78.9 Å². The lowest BCUT2D eigenvalue weighted by molar-refractivity contribution is 0.141. The first-order valence-electron chi connectivity index (χ1n) is 9.78. The Bertz CT molecular complexity index is 1140. The first-order chi connectivity index (χ1) is 15.9. The van der Waals surface area contributed by atoms with Gasteiger partial charge >= 0.3 is 12.2 Å². The lowest BCUT2D eigenvalue weighted by Crippen LogP contribution is -2.44. The Morgan fingerprint density at radius 1 is 0.667 bits per heavy atom. The molecule has 0 aliphatic rings. The van der Waals surface area contributed by atoms with Gasteiger partial charge in [-0.2, -0.15) is 8.42 Å². The molecule has 0 radical (unpaired) electrons. The molecule has 0 saturated heterocycles. The maximum Gasteiger partial charge on any atom is 0.414 e. The molecule has 10 heteroatoms. The molecule has 0 fully saturated rings. The van der Waals surface area contributed by atoms with Crippen LogP contribution in [0.1, 0.15) is 11.1 Å². The van der Waals surface area contributed by atoms with Crippen LogP contribution in [0.2, 0.25) is 0 Å². The molecule has 9 nitrogen and oxygen atoms in total. The molecule has 2 amide bonds. The van der Waals surface area contributed by atoms with Crippen molar-refractivity contribution >= 4 is 28.2 Å². The number of sulfonamides is 1. The Morgan fingerprint density at radius 2 is 1.06 bits per heavy atom. The number of hydrogen-bond acceptors (Lipinski definition) is 6. The third-order valence-electron chi connectivity index (χ3n) is 4.12. The number of hydrogen-bond donors (Lipinski definition) is 2. The zero-order valence-corrected chi connectivity index (χ0v) is 18.2. The molecule has 0 aliphatic carbocycles. The molecule has 0 saturated carbocycles. The fraction of sp³-hybridized carbons (Fsp3) is 0.0870. The molecule has 0 heterocycles. The standard InChI is InChI=1S/C23H21N3O6S/c27-22(31-16-18-10-4-1-5-11-18)24-21(26-33(29,30)20-14-8-3-9-15-20)25-23(28)32-17-19-12-6-2-7-13-19/h1-15H,16-17H2,(H2,24,25,26,27,28). The highest BCUT2D eigenvalue weighted by atomic mass is 32.2. The van der Waals surface area contributed by atoms with E-state index in [-0.39, 0.29) is 18.1 Å². The molecule has 0 spiro atoms. The van der Waals surface area contributed by atoms with Crippen LogP contribution in [0.15, 0.2) is 100 Å². The van der Waals surface area contributed by atoms with Gasteiger partial charge in [-0.3, -0.25) is 10.6 Å². The van der Waals surface area contributed by atoms with Gasteiger partial charge in [0.2, 0.25) is 5.96 Å². The number of rotatable bonds is 6. The second kappa shape index (κ2) is 11.4. The van der Waals surface area contributed by atoms with Crippen LogP contribution in [0.4, 0.5) is 9.59 Å². The third kappa shape index (κ3) is 7.78. The Hall–Kier alpha value is -4.18. The van der Waals surface area contributed by atoms with Crippen molar-refractivity contribution in [2.75, 3.05) is 0 Å². The number of alkyl carbamates (subject to hydrolysis) is 2. The van der Waals surface area contributed by atoms with Gasteiger partial charge in [0, 0.05) is 0 Å². The first-order valence-corrected chi connectivity index (χ1v) is 11.2. The van der Waals surface area contributed by atoms with Crippen molar-refractivity contribution in [3.8, 4) is 0 Å². The summed E-state index contributed by atoms with van der Waals surface area (Å²) in [4.78, 5) is 24.3. The van der Waals surface area contributed by atoms with Gasteiger partial charge in [0.25, 0.3) is 10.0 Å². The van der Waals surface area contributed by atoms with Crippen LogP contribution in [0, 0.1) is 0 Å². The summed E-state index contributed by atoms with van der Waals surface area (Å²) < 4.78 is 38.9. The van der Waals surface area contributed by atoms with Crippen LogP contribution in [-0.2, 0) is 32.7 Å². The minimum Gasteiger partial charge on any atom is -0.444 e. The molecule has 0 bridgehead atoms. The van der Waals surface area contributed by atoms with Gasteiger partial charge < -0.3 is 9.47 Å². The number of benzene rings is 3. The molecule has 0 aromatic heterocycles. The first kappa shape index (κ1) is 23.5. The molecular weight excluding hydrogens is 446 g/mol. The quantitative estimate of drug-likeness (QED) is 0.422. The largest absolute Gasteiger partial charge is 0.444 e. The maximum atomic E-state index is 12.6. The van der Waals surface area contributed by atoms with Crippen LogP contribution in [0.3, 0.4) is 0 Å². The summed E-state index contributed by atoms with van der Waals surface area (Å²) in [6.45, 7) is -0.131. The van der Waals surface area contributed by atoms with E-state index in [1.54, 1.807) is 54.6 Å². The van der Waals surface area contributed by atoms with E-state index >= 15 is 0 Å². The summed E-state index contributed by atoms with van der Waals surface area (Å²) in [7, 11) is -4.24. The van der Waals surface area contributed by atoms with Crippen molar-refractivity contribution < 1.29 is 27.5 Å². The zero-order chi connectivity index (χ0) is 23.5. The van der Waals surface area contributed by atoms with E-state index in [0.29, 0.717) is 0 Å². The normalized spacial score (nSPS) is 10.5. The summed E-state index contributed by atoms with van der Waals surface area (Å²) in [6.07, 6.45) is -2.02. The molecule has 170 valence electrons. The van der Waals surface area contributed by atoms with E-state index in [1.165, 1.54) is 24.3 Å². The Labute approximate surface area is 191 Å². The van der Waals surface area contributed by atoms with Crippen LogP contribution in [0.5, 0.6) is 0 Å². The van der Waals surface area contributed by atoms with E-state index < -0.39 is 28.2 Å². The molecule has 3 aromatic carbocycles. The fourth-order valence-corrected chi connectivity index (χ4v) is 3.49. The summed E-state index contributed by atoms with van der Waals surface area (Å²) in [6, 6.07) is 25.1. The van der Waals surface area contributed by atoms with Crippen molar-refractivity contribution in [1.29, 1.82) is 0 Å². The number of nitrogens with one attached hydrogen (secondary N) is 2. The number of amides is 2. The second-order valence-corrected chi connectivity index (χ2v) is 8.21. The zero-order valence-electron chi connectivity index (χ0n) is 17.4. The maximum absolute atomic E-state index is 12.6. The van der Waals surface area contributed by atoms with Crippen molar-refractivity contribution in [2.45, 2.75) is 18.1 Å². The predicted molar refractivity (Wildman–Crippen MR) is 121 cm³/mol. The second-order valence-electron chi connectivity index (χ2n) is 6.60. The molecule has 0 aliphatic heterocycles. The topological polar surface area (TPSA) is 123 Å². The van der Waals surface area contributed by atoms with E-state index in [9.17, 15) is 18.0 Å². The van der Waals surface area contributed by atoms with Crippen LogP contribution >= 0.6 is 0 Å². The third-order valence-corrected chi connectivity index (χ3v) is 5.41. The van der Waals surface area contributed by atoms with Gasteiger partial charge in [0.05, 0.1) is 4.90 Å². The van der Waals surface area contributed by atoms with Crippen LogP contribution in [-0.4, -0.2) is 26.6 Å². The predicted octanol–water partition coefficient (Wildman–Crippen LogP) is 3.58. The molecule has 0 unspecified atom stereocenters. The fourth-order valence-electron chi connectivity index (χ4n) is 2.55. The Kier molecular flexibility index (Phi) is 8.14. The van der Waals surface area contributed by atoms with Gasteiger partial charge in [-0.15, -0.1) is 4.40 Å². The summed E-state index contributed by atoms with van der Waals surface area (Å²) in [5.41, 5.74) is 1.44. The summed E-state index contributed by atoms with van der Waals surface area (Å²) in [5.74, 6) is -0.657. The molecule has 3 aromatic rings. The van der Waals surface area contributed by atoms with Crippen molar-refractivity contribution in [1.82, 2.24) is 10.6 Å². The highest BCUT2D eigenvalue weighted by Crippen LogP contribution is 2.11. The molecule has 3 rings (SSSR count). The Balaban J connectivity index is 1.70. The average molecular weight is 468 g/mol. The van der Waals surface area contributed by atoms with E-state index in [0.717, 1.165) is 11.1 Å². The number of guanidine groups is 1. The lowest BCUT2D eigenvalue weighted by Gasteiger charge is -2.11. The van der Waals surface area contributed by atoms with Crippen LogP contribution < -0.4 is 10.6 Å². The summed E-state index contributed by atoms with van der Waals surface area (Å²) >= 11 is 0. The SMILES string of the molecule is O=C(NC(=NS(=O)(=O)c1ccccc1)NC(=O)OCc1ccccc1)OCc1ccccc1. The molecule has 33 heavy (non-hydrogen) atoms. The minimum absolute atomic E-state index is 0.0656. The van der Waals surface area contributed by atoms with Crippen molar-refractivity contribution in [3.63, 3.8) is 0 Å². The molecule has 2 N–H and O–H groups in total. The smallest absolute Gasteiger partial charge is 0.414 e. The molecular formula is C23H21N3O6S. The summed E-state index contributed by atoms with van der Waals surface area (Å²) in [5, 5.41) is 4.28. The van der Waals surface area contributed by atoms with Gasteiger partial charge in [0.15, 0.2) is 0 Å². The highest BCUT2D eigenvalue weighted by molar-refractivity contribution is 7.90. The minimum atomic E-state index is -4.24. The number of carbonyl (C=O) groups excluding carboxylic acids is 2. The van der Waals surface area contributed by atoms with Crippen molar-refractivity contribution in [3.05, 3.63) is 102 Å². The van der Waals surface area contributed by atoms with E-state index in [1.807, 2.05) is 12.1 Å². The lowest BCUT2D eigenvalue weighted by atomic mass is 10.2. The number of nitrogens with zero attached hydrogens (tertiary/aromatic N) is 1. The van der Waals surface area contributed by atoms with Crippen LogP contribution in [0.25, 0.3) is 0 Å². The average Bonchev–Trinajstić information content (AvgIpc) is 2.83. The monoisotopic (exact) mass is 467 g/mol. The van der Waals surface area contributed by atoms with Gasteiger partial charge in [-0.05, 0) is 23.3 Å². The van der Waals surface area contributed by atoms with E-state index in [2.05, 4.69) is 15.0 Å². The molecule has 0 atom stereocenters. The number of ether oxygens (including phenoxy) is 2. The number of carbonyl (C=O) groups is 2. The Morgan fingerprint density at radius 3 is 1.48 bits per heavy atom. The van der Waals surface area contributed by atoms with Crippen molar-refractivity contribution in [2.24, 2.45) is 4.40 Å².